The van der Waals surface area contributed by atoms with Crippen LogP contribution in [0.4, 0.5) is 0 Å². The summed E-state index contributed by atoms with van der Waals surface area (Å²) < 4.78 is 0. The van der Waals surface area contributed by atoms with Gasteiger partial charge in [-0.2, -0.15) is 12.1 Å². The maximum Gasteiger partial charge on any atom is 4.00 e. The fourth-order valence-corrected chi connectivity index (χ4v) is 12.4. The molecule has 0 bridgehead atoms. The van der Waals surface area contributed by atoms with Gasteiger partial charge in [0.25, 0.3) is 0 Å². The number of halogens is 2. The maximum absolute atomic E-state index is 2.41. The Morgan fingerprint density at radius 1 is 0.288 bits per heavy atom. The van der Waals surface area contributed by atoms with Crippen LogP contribution in [0.15, 0.2) is 243 Å². The predicted molar refractivity (Wildman–Crippen MR) is 247 cm³/mol. The molecule has 0 radical (unpaired) electrons. The molecule has 0 saturated carbocycles. The summed E-state index contributed by atoms with van der Waals surface area (Å²) in [5, 5.41) is 13.7. The van der Waals surface area contributed by atoms with Crippen molar-refractivity contribution in [1.82, 2.24) is 0 Å². The first-order valence-electron chi connectivity index (χ1n) is 19.1. The van der Waals surface area contributed by atoms with E-state index in [2.05, 4.69) is 243 Å². The van der Waals surface area contributed by atoms with Gasteiger partial charge in [-0.05, 0) is 48.2 Å². The van der Waals surface area contributed by atoms with Crippen LogP contribution in [0.2, 0.25) is 0 Å². The van der Waals surface area contributed by atoms with Gasteiger partial charge in [-0.15, -0.1) is 68.6 Å². The first-order valence-corrected chi connectivity index (χ1v) is 21.8. The Balaban J connectivity index is 0.000000189. The molecule has 0 aliphatic carbocycles. The van der Waals surface area contributed by atoms with Crippen molar-refractivity contribution < 1.29 is 51.0 Å². The minimum Gasteiger partial charge on any atom is -1.00 e. The second kappa shape index (κ2) is 21.0. The first kappa shape index (κ1) is 43.9. The van der Waals surface area contributed by atoms with Crippen molar-refractivity contribution in [3.8, 4) is 22.3 Å². The second-order valence-corrected chi connectivity index (χ2v) is 18.2. The molecule has 0 nitrogen and oxygen atoms in total. The van der Waals surface area contributed by atoms with Crippen molar-refractivity contribution in [1.29, 1.82) is 0 Å². The third kappa shape index (κ3) is 9.86. The van der Waals surface area contributed by atoms with Gasteiger partial charge in [-0.3, -0.25) is 0 Å². The topological polar surface area (TPSA) is 0 Å². The Bertz CT molecular complexity index is 2510. The summed E-state index contributed by atoms with van der Waals surface area (Å²) in [7, 11) is -1.15. The normalized spacial score (nSPS) is 10.6. The van der Waals surface area contributed by atoms with Crippen molar-refractivity contribution in [3.63, 3.8) is 0 Å². The van der Waals surface area contributed by atoms with E-state index >= 15 is 0 Å². The van der Waals surface area contributed by atoms with E-state index in [1.54, 1.807) is 0 Å². The van der Waals surface area contributed by atoms with Gasteiger partial charge in [0.05, 0.1) is 0 Å². The fraction of sp³-hybridized carbons (Fsp3) is 0. The van der Waals surface area contributed by atoms with E-state index in [4.69, 9.17) is 0 Å². The van der Waals surface area contributed by atoms with Crippen LogP contribution in [-0.4, -0.2) is 0 Å². The van der Waals surface area contributed by atoms with Crippen LogP contribution >= 0.6 is 15.8 Å². The van der Waals surface area contributed by atoms with Gasteiger partial charge in [-0.1, -0.05) is 205 Å². The molecule has 0 spiro atoms. The third-order valence-electron chi connectivity index (χ3n) is 10.2. The summed E-state index contributed by atoms with van der Waals surface area (Å²) in [5.41, 5.74) is 5.16. The van der Waals surface area contributed by atoms with E-state index < -0.39 is 15.8 Å². The zero-order valence-electron chi connectivity index (χ0n) is 32.2. The molecule has 0 fully saturated rings. The van der Waals surface area contributed by atoms with Crippen LogP contribution in [0.3, 0.4) is 0 Å². The largest absolute Gasteiger partial charge is 4.00 e. The van der Waals surface area contributed by atoms with Gasteiger partial charge in [0.2, 0.25) is 0 Å². The monoisotopic (exact) mass is 910 g/mol. The van der Waals surface area contributed by atoms with Gasteiger partial charge in [0.1, 0.15) is 0 Å². The number of benzene rings is 8. The summed E-state index contributed by atoms with van der Waals surface area (Å²) in [6, 6.07) is 87.8. The summed E-state index contributed by atoms with van der Waals surface area (Å²) in [5.74, 6) is 0. The predicted octanol–water partition coefficient (Wildman–Crippen LogP) is 5.97. The van der Waals surface area contributed by atoms with Gasteiger partial charge >= 0.3 is 26.2 Å². The average Bonchev–Trinajstić information content (AvgIpc) is 3.91. The Kier molecular flexibility index (Phi) is 15.6. The number of rotatable bonds is 8. The number of hydrogen-bond donors (Lipinski definition) is 0. The molecule has 0 aliphatic rings. The van der Waals surface area contributed by atoms with E-state index in [0.29, 0.717) is 0 Å². The van der Waals surface area contributed by atoms with Crippen molar-refractivity contribution in [2.24, 2.45) is 0 Å². The molecule has 10 aromatic carbocycles. The molecule has 0 atom stereocenters. The Hall–Kier alpha value is -4.70. The van der Waals surface area contributed by atoms with E-state index in [1.807, 2.05) is 0 Å². The van der Waals surface area contributed by atoms with Gasteiger partial charge in [0, 0.05) is 0 Å². The summed E-state index contributed by atoms with van der Waals surface area (Å²) >= 11 is 0. The minimum absolute atomic E-state index is 0. The molecular weight excluding hydrogens is 873 g/mol. The molecule has 0 amide bonds. The quantitative estimate of drug-likeness (QED) is 0.130. The third-order valence-corrected chi connectivity index (χ3v) is 15.0. The molecule has 59 heavy (non-hydrogen) atoms. The Morgan fingerprint density at radius 3 is 0.847 bits per heavy atom. The van der Waals surface area contributed by atoms with Crippen molar-refractivity contribution in [2.75, 3.05) is 0 Å². The summed E-state index contributed by atoms with van der Waals surface area (Å²) in [6.45, 7) is 0. The fourth-order valence-electron chi connectivity index (χ4n) is 7.64. The maximum atomic E-state index is 2.41. The van der Waals surface area contributed by atoms with Gasteiger partial charge in [0.15, 0.2) is 0 Å². The van der Waals surface area contributed by atoms with Crippen LogP contribution in [0.1, 0.15) is 0 Å². The van der Waals surface area contributed by atoms with Crippen LogP contribution in [0.25, 0.3) is 43.8 Å². The van der Waals surface area contributed by atoms with Crippen LogP contribution in [0.5, 0.6) is 0 Å². The SMILES string of the molecule is [Cl-].[Cl-].[Zr+4].c1ccc(-c2cccc3[cH-]c(P(c4ccccc4)c4ccccc4)cc23)cc1.c1ccc(-c2cccc3[cH-]c(P(c4ccccc4)c4ccccc4)cc23)cc1. The molecule has 284 valence electrons. The van der Waals surface area contributed by atoms with Crippen molar-refractivity contribution in [3.05, 3.63) is 243 Å². The molecule has 0 aliphatic heterocycles. The number of fused-ring (bicyclic) bond motifs is 2. The number of hydrogen-bond acceptors (Lipinski definition) is 0. The van der Waals surface area contributed by atoms with Crippen LogP contribution in [0, 0.1) is 0 Å². The van der Waals surface area contributed by atoms with Crippen LogP contribution < -0.4 is 56.6 Å². The molecular formula is C54H40Cl2P2Zr. The van der Waals surface area contributed by atoms with E-state index in [9.17, 15) is 0 Å². The van der Waals surface area contributed by atoms with E-state index in [-0.39, 0.29) is 51.0 Å². The first-order chi connectivity index (χ1) is 27.8. The average molecular weight is 913 g/mol. The molecule has 10 aromatic rings. The standard InChI is InChI=1S/2C27H20P.2ClH.Zr/c2*1-4-11-21(12-5-1)26-18-10-13-22-19-25(20-27(22)26)28(23-14-6-2-7-15-23)24-16-8-3-9-17-24;;;/h2*1-20H;2*1H;/q2*-1;;;+4/p-2. The smallest absolute Gasteiger partial charge is 1.00 e. The molecule has 0 unspecified atom stereocenters. The molecule has 0 saturated heterocycles. The molecule has 10 rings (SSSR count). The van der Waals surface area contributed by atoms with Gasteiger partial charge in [-0.25, -0.2) is 0 Å². The van der Waals surface area contributed by atoms with Crippen LogP contribution in [-0.2, 0) is 26.2 Å². The Labute approximate surface area is 382 Å². The Morgan fingerprint density at radius 2 is 0.559 bits per heavy atom. The summed E-state index contributed by atoms with van der Waals surface area (Å²) in [6.07, 6.45) is 0. The second-order valence-electron chi connectivity index (χ2n) is 13.8. The minimum atomic E-state index is -0.574. The zero-order chi connectivity index (χ0) is 37.5. The molecule has 0 heterocycles. The van der Waals surface area contributed by atoms with Crippen molar-refractivity contribution in [2.45, 2.75) is 0 Å². The molecule has 5 heteroatoms. The molecule has 0 N–H and O–H groups in total. The van der Waals surface area contributed by atoms with E-state index in [1.165, 1.54) is 75.6 Å². The molecule has 0 aromatic heterocycles. The zero-order valence-corrected chi connectivity index (χ0v) is 38.0. The van der Waals surface area contributed by atoms with Crippen molar-refractivity contribution >= 4 is 69.2 Å². The summed E-state index contributed by atoms with van der Waals surface area (Å²) in [4.78, 5) is 0. The van der Waals surface area contributed by atoms with Gasteiger partial charge < -0.3 is 24.8 Å². The van der Waals surface area contributed by atoms with E-state index in [0.717, 1.165) is 0 Å².